The van der Waals surface area contributed by atoms with Crippen LogP contribution in [0.25, 0.3) is 0 Å². The van der Waals surface area contributed by atoms with Crippen LogP contribution in [0.2, 0.25) is 15.1 Å². The Morgan fingerprint density at radius 1 is 0.929 bits per heavy atom. The van der Waals surface area contributed by atoms with E-state index in [0.29, 0.717) is 42.3 Å². The fourth-order valence-electron chi connectivity index (χ4n) is 6.52. The zero-order valence-corrected chi connectivity index (χ0v) is 27.7. The molecule has 11 heteroatoms. The van der Waals surface area contributed by atoms with Gasteiger partial charge in [0.1, 0.15) is 6.61 Å². The Bertz CT molecular complexity index is 1300. The molecule has 0 saturated heterocycles. The molecule has 1 N–H and O–H groups in total. The van der Waals surface area contributed by atoms with Gasteiger partial charge in [-0.2, -0.15) is 4.31 Å². The Balaban J connectivity index is 1.25. The third-order valence-electron chi connectivity index (χ3n) is 8.82. The predicted octanol–water partition coefficient (Wildman–Crippen LogP) is 6.82. The van der Waals surface area contributed by atoms with E-state index < -0.39 is 10.0 Å². The first-order valence-electron chi connectivity index (χ1n) is 14.7. The maximum absolute atomic E-state index is 13.3. The Labute approximate surface area is 265 Å². The van der Waals surface area contributed by atoms with Crippen LogP contribution in [-0.4, -0.2) is 70.0 Å². The summed E-state index contributed by atoms with van der Waals surface area (Å²) >= 11 is 18.2. The number of carbonyl (C=O) groups is 1. The molecule has 2 fully saturated rings. The van der Waals surface area contributed by atoms with Crippen molar-refractivity contribution in [1.29, 1.82) is 0 Å². The van der Waals surface area contributed by atoms with Crippen molar-refractivity contribution in [3.8, 4) is 0 Å². The second-order valence-corrected chi connectivity index (χ2v) is 15.1. The molecule has 2 aliphatic rings. The molecule has 232 valence electrons. The average Bonchev–Trinajstić information content (AvgIpc) is 2.97. The van der Waals surface area contributed by atoms with Gasteiger partial charge in [-0.3, -0.25) is 4.79 Å². The highest BCUT2D eigenvalue weighted by atomic mass is 35.5. The lowest BCUT2D eigenvalue weighted by atomic mass is 9.76. The van der Waals surface area contributed by atoms with Crippen molar-refractivity contribution in [2.24, 2.45) is 11.8 Å². The first-order valence-corrected chi connectivity index (χ1v) is 17.3. The predicted molar refractivity (Wildman–Crippen MR) is 170 cm³/mol. The van der Waals surface area contributed by atoms with Crippen LogP contribution in [0.15, 0.2) is 47.4 Å². The van der Waals surface area contributed by atoms with Gasteiger partial charge in [0, 0.05) is 24.7 Å². The van der Waals surface area contributed by atoms with E-state index in [0.717, 1.165) is 43.5 Å². The van der Waals surface area contributed by atoms with Crippen LogP contribution in [0.3, 0.4) is 0 Å². The van der Waals surface area contributed by atoms with E-state index in [1.807, 2.05) is 12.1 Å². The van der Waals surface area contributed by atoms with Crippen LogP contribution in [0.5, 0.6) is 0 Å². The molecule has 0 radical (unpaired) electrons. The molecule has 0 aliphatic heterocycles. The topological polar surface area (TPSA) is 79.0 Å². The molecule has 0 heterocycles. The fraction of sp³-hybridized carbons (Fsp3) is 0.581. The number of likely N-dealkylation sites (N-methyl/N-ethyl adjacent to an activating group) is 1. The first-order chi connectivity index (χ1) is 20.0. The molecule has 2 aromatic carbocycles. The van der Waals surface area contributed by atoms with E-state index in [1.165, 1.54) is 28.1 Å². The standard InChI is InChI=1S/C31H42Cl3N3O4S/c1-36(2)31(23-12-14-24(32)15-13-23)22-10-8-21(9-11-22)19-35-30(38)20-41-29-7-5-4-6-28(29)37(3)42(39,40)25-16-17-26(33)27(34)18-25/h12-18,21-22,28-29,31H,4-11,19-20H2,1-3H3,(H,35,38). The van der Waals surface area contributed by atoms with E-state index in [4.69, 9.17) is 39.5 Å². The number of nitrogens with one attached hydrogen (secondary N) is 1. The summed E-state index contributed by atoms with van der Waals surface area (Å²) in [4.78, 5) is 15.1. The number of halogens is 3. The molecule has 42 heavy (non-hydrogen) atoms. The van der Waals surface area contributed by atoms with Crippen molar-refractivity contribution < 1.29 is 17.9 Å². The smallest absolute Gasteiger partial charge is 0.246 e. The maximum Gasteiger partial charge on any atom is 0.246 e. The number of ether oxygens (including phenoxy) is 1. The lowest BCUT2D eigenvalue weighted by Gasteiger charge is -2.38. The molecule has 0 spiro atoms. The maximum atomic E-state index is 13.3. The van der Waals surface area contributed by atoms with Gasteiger partial charge in [-0.25, -0.2) is 8.42 Å². The van der Waals surface area contributed by atoms with Gasteiger partial charge in [0.2, 0.25) is 15.9 Å². The summed E-state index contributed by atoms with van der Waals surface area (Å²) in [5.74, 6) is 0.823. The Hall–Kier alpha value is -1.39. The van der Waals surface area contributed by atoms with Crippen molar-refractivity contribution in [3.63, 3.8) is 0 Å². The summed E-state index contributed by atoms with van der Waals surface area (Å²) in [6.45, 7) is 0.540. The number of amides is 1. The normalized spacial score (nSPS) is 24.1. The highest BCUT2D eigenvalue weighted by molar-refractivity contribution is 7.89. The number of carbonyl (C=O) groups excluding carboxylic acids is 1. The Kier molecular flexibility index (Phi) is 12.0. The van der Waals surface area contributed by atoms with Crippen molar-refractivity contribution >= 4 is 50.7 Å². The van der Waals surface area contributed by atoms with Crippen molar-refractivity contribution in [2.45, 2.75) is 74.4 Å². The summed E-state index contributed by atoms with van der Waals surface area (Å²) < 4.78 is 34.1. The summed E-state index contributed by atoms with van der Waals surface area (Å²) in [7, 11) is 2.01. The molecule has 0 aromatic heterocycles. The molecule has 3 atom stereocenters. The van der Waals surface area contributed by atoms with Gasteiger partial charge < -0.3 is 15.0 Å². The minimum atomic E-state index is -3.81. The molecule has 0 bridgehead atoms. The number of nitrogens with zero attached hydrogens (tertiary/aromatic N) is 2. The van der Waals surface area contributed by atoms with Gasteiger partial charge >= 0.3 is 0 Å². The van der Waals surface area contributed by atoms with Crippen LogP contribution < -0.4 is 5.32 Å². The van der Waals surface area contributed by atoms with Gasteiger partial charge in [-0.05, 0) is 100 Å². The van der Waals surface area contributed by atoms with Crippen LogP contribution in [0, 0.1) is 11.8 Å². The molecule has 4 rings (SSSR count). The van der Waals surface area contributed by atoms with Gasteiger partial charge in [-0.1, -0.05) is 59.8 Å². The third kappa shape index (κ3) is 8.40. The van der Waals surface area contributed by atoms with E-state index in [2.05, 4.69) is 36.4 Å². The van der Waals surface area contributed by atoms with Crippen molar-refractivity contribution in [3.05, 3.63) is 63.1 Å². The minimum absolute atomic E-state index is 0.0845. The molecule has 7 nitrogen and oxygen atoms in total. The summed E-state index contributed by atoms with van der Waals surface area (Å²) in [6, 6.07) is 12.4. The third-order valence-corrected chi connectivity index (χ3v) is 11.7. The molecular formula is C31H42Cl3N3O4S. The average molecular weight is 659 g/mol. The van der Waals surface area contributed by atoms with E-state index in [-0.39, 0.29) is 34.6 Å². The lowest BCUT2D eigenvalue weighted by molar-refractivity contribution is -0.129. The monoisotopic (exact) mass is 657 g/mol. The number of hydrogen-bond donors (Lipinski definition) is 1. The van der Waals surface area contributed by atoms with E-state index >= 15 is 0 Å². The molecule has 2 saturated carbocycles. The van der Waals surface area contributed by atoms with Crippen LogP contribution in [0.4, 0.5) is 0 Å². The van der Waals surface area contributed by atoms with Gasteiger partial charge in [0.05, 0.1) is 27.1 Å². The Morgan fingerprint density at radius 3 is 2.24 bits per heavy atom. The van der Waals surface area contributed by atoms with Crippen molar-refractivity contribution in [2.75, 3.05) is 34.3 Å². The zero-order chi connectivity index (χ0) is 30.4. The number of sulfonamides is 1. The Morgan fingerprint density at radius 2 is 1.60 bits per heavy atom. The number of benzene rings is 2. The second kappa shape index (κ2) is 15.1. The van der Waals surface area contributed by atoms with Gasteiger partial charge in [0.15, 0.2) is 0 Å². The number of hydrogen-bond acceptors (Lipinski definition) is 5. The highest BCUT2D eigenvalue weighted by Crippen LogP contribution is 2.39. The van der Waals surface area contributed by atoms with Crippen LogP contribution in [0.1, 0.15) is 63.0 Å². The van der Waals surface area contributed by atoms with Crippen LogP contribution >= 0.6 is 34.8 Å². The first kappa shape index (κ1) is 33.5. The molecule has 3 unspecified atom stereocenters. The highest BCUT2D eigenvalue weighted by Gasteiger charge is 2.36. The lowest BCUT2D eigenvalue weighted by Crippen LogP contribution is -2.48. The quantitative estimate of drug-likeness (QED) is 0.287. The summed E-state index contributed by atoms with van der Waals surface area (Å²) in [6.07, 6.45) is 7.15. The minimum Gasteiger partial charge on any atom is -0.367 e. The second-order valence-electron chi connectivity index (χ2n) is 11.8. The largest absolute Gasteiger partial charge is 0.367 e. The zero-order valence-electron chi connectivity index (χ0n) is 24.6. The van der Waals surface area contributed by atoms with Crippen molar-refractivity contribution in [1.82, 2.24) is 14.5 Å². The van der Waals surface area contributed by atoms with Gasteiger partial charge in [0.25, 0.3) is 0 Å². The molecular weight excluding hydrogens is 617 g/mol. The molecule has 2 aliphatic carbocycles. The van der Waals surface area contributed by atoms with E-state index in [1.54, 1.807) is 7.05 Å². The SMILES string of the molecule is CN(C)C(c1ccc(Cl)cc1)C1CCC(CNC(=O)COC2CCCCC2N(C)S(=O)(=O)c2ccc(Cl)c(Cl)c2)CC1. The van der Waals surface area contributed by atoms with Crippen LogP contribution in [-0.2, 0) is 19.6 Å². The summed E-state index contributed by atoms with van der Waals surface area (Å²) in [5.41, 5.74) is 1.29. The fourth-order valence-corrected chi connectivity index (χ4v) is 8.45. The summed E-state index contributed by atoms with van der Waals surface area (Å²) in [5, 5.41) is 4.29. The molecule has 2 aromatic rings. The molecule has 1 amide bonds. The van der Waals surface area contributed by atoms with E-state index in [9.17, 15) is 13.2 Å². The number of rotatable bonds is 11. The van der Waals surface area contributed by atoms with Gasteiger partial charge in [-0.15, -0.1) is 0 Å².